The third-order valence-corrected chi connectivity index (χ3v) is 14.3. The Morgan fingerprint density at radius 3 is 0.675 bits per heavy atom. The van der Waals surface area contributed by atoms with Crippen LogP contribution in [0.15, 0.2) is 146 Å². The van der Waals surface area contributed by atoms with E-state index in [1.165, 1.54) is 116 Å². The molecule has 470 valence electrons. The van der Waals surface area contributed by atoms with Crippen LogP contribution in [0.4, 0.5) is 0 Å². The Bertz CT molecular complexity index is 1800. The first kappa shape index (κ1) is 78.3. The second-order valence-corrected chi connectivity index (χ2v) is 22.3. The summed E-state index contributed by atoms with van der Waals surface area (Å²) in [5.74, 6) is -0.917. The molecule has 6 nitrogen and oxygen atoms in total. The summed E-state index contributed by atoms with van der Waals surface area (Å²) >= 11 is 0. The number of rotatable bonds is 61. The molecule has 0 saturated carbocycles. The molecule has 0 aliphatic heterocycles. The zero-order chi connectivity index (χ0) is 59.9. The van der Waals surface area contributed by atoms with Gasteiger partial charge in [-0.25, -0.2) is 0 Å². The lowest BCUT2D eigenvalue weighted by Gasteiger charge is -2.18. The van der Waals surface area contributed by atoms with Gasteiger partial charge in [0.25, 0.3) is 0 Å². The number of unbranched alkanes of at least 4 members (excludes halogenated alkanes) is 26. The first-order valence-corrected chi connectivity index (χ1v) is 34.3. The van der Waals surface area contributed by atoms with Crippen LogP contribution < -0.4 is 0 Å². The lowest BCUT2D eigenvalue weighted by molar-refractivity contribution is -0.167. The normalized spacial score (nSPS) is 13.0. The zero-order valence-corrected chi connectivity index (χ0v) is 53.9. The molecular formula is C77H126O6. The predicted molar refractivity (Wildman–Crippen MR) is 362 cm³/mol. The van der Waals surface area contributed by atoms with Crippen molar-refractivity contribution in [3.8, 4) is 0 Å². The summed E-state index contributed by atoms with van der Waals surface area (Å²) in [7, 11) is 0. The van der Waals surface area contributed by atoms with E-state index >= 15 is 0 Å². The minimum absolute atomic E-state index is 0.0924. The van der Waals surface area contributed by atoms with Crippen molar-refractivity contribution in [3.63, 3.8) is 0 Å². The minimum atomic E-state index is -0.800. The van der Waals surface area contributed by atoms with Gasteiger partial charge in [0.15, 0.2) is 6.10 Å². The van der Waals surface area contributed by atoms with E-state index < -0.39 is 6.10 Å². The topological polar surface area (TPSA) is 78.9 Å². The van der Waals surface area contributed by atoms with Gasteiger partial charge < -0.3 is 14.2 Å². The zero-order valence-electron chi connectivity index (χ0n) is 53.9. The van der Waals surface area contributed by atoms with Crippen LogP contribution in [-0.4, -0.2) is 37.2 Å². The predicted octanol–water partition coefficient (Wildman–Crippen LogP) is 23.9. The minimum Gasteiger partial charge on any atom is -0.462 e. The Balaban J connectivity index is 4.41. The maximum absolute atomic E-state index is 13.0. The van der Waals surface area contributed by atoms with E-state index in [9.17, 15) is 14.4 Å². The van der Waals surface area contributed by atoms with Gasteiger partial charge in [-0.05, 0) is 135 Å². The Kier molecular flexibility index (Phi) is 65.8. The van der Waals surface area contributed by atoms with Crippen molar-refractivity contribution in [2.24, 2.45) is 0 Å². The molecule has 0 aromatic rings. The average molecular weight is 1150 g/mol. The molecule has 1 unspecified atom stereocenters. The molecule has 0 radical (unpaired) electrons. The number of hydrogen-bond donors (Lipinski definition) is 0. The SMILES string of the molecule is CC/C=C\C/C=C\C/C=C\C/C=C\CCCCCCCCCCCCCCC(=O)OCC(COC(=O)CCCCCC/C=C\C/C=C\C/C=C\C/C=C\CC)OC(=O)CCCCCCCCCCCC/C=C\C/C=C\C/C=C\C/C=C\CC. The largest absolute Gasteiger partial charge is 0.462 e. The van der Waals surface area contributed by atoms with E-state index in [1.807, 2.05) is 0 Å². The molecule has 0 amide bonds. The Morgan fingerprint density at radius 2 is 0.434 bits per heavy atom. The molecular weight excluding hydrogens is 1020 g/mol. The average Bonchev–Trinajstić information content (AvgIpc) is 3.49. The summed E-state index contributed by atoms with van der Waals surface area (Å²) in [6, 6.07) is 0. The Morgan fingerprint density at radius 1 is 0.241 bits per heavy atom. The van der Waals surface area contributed by atoms with E-state index in [2.05, 4.69) is 167 Å². The molecule has 0 fully saturated rings. The van der Waals surface area contributed by atoms with Crippen LogP contribution in [0, 0.1) is 0 Å². The van der Waals surface area contributed by atoms with Crippen molar-refractivity contribution in [2.45, 2.75) is 309 Å². The summed E-state index contributed by atoms with van der Waals surface area (Å²) in [4.78, 5) is 38.5. The fourth-order valence-electron chi connectivity index (χ4n) is 9.30. The van der Waals surface area contributed by atoms with Crippen LogP contribution in [0.1, 0.15) is 303 Å². The molecule has 0 aliphatic carbocycles. The lowest BCUT2D eigenvalue weighted by atomic mass is 10.0. The highest BCUT2D eigenvalue weighted by Crippen LogP contribution is 2.16. The Labute approximate surface area is 512 Å². The van der Waals surface area contributed by atoms with Gasteiger partial charge in [-0.3, -0.25) is 14.4 Å². The molecule has 0 bridgehead atoms. The van der Waals surface area contributed by atoms with Crippen molar-refractivity contribution >= 4 is 17.9 Å². The first-order chi connectivity index (χ1) is 41.0. The van der Waals surface area contributed by atoms with Crippen LogP contribution in [0.25, 0.3) is 0 Å². The van der Waals surface area contributed by atoms with Gasteiger partial charge in [0.2, 0.25) is 0 Å². The summed E-state index contributed by atoms with van der Waals surface area (Å²) in [6.45, 7) is 6.30. The molecule has 0 rings (SSSR count). The van der Waals surface area contributed by atoms with Crippen molar-refractivity contribution in [1.29, 1.82) is 0 Å². The highest BCUT2D eigenvalue weighted by atomic mass is 16.6. The Hall–Kier alpha value is -4.71. The molecule has 0 saturated heterocycles. The lowest BCUT2D eigenvalue weighted by Crippen LogP contribution is -2.30. The first-order valence-electron chi connectivity index (χ1n) is 34.3. The summed E-state index contributed by atoms with van der Waals surface area (Å²) < 4.78 is 17.0. The van der Waals surface area contributed by atoms with Crippen LogP contribution in [0.5, 0.6) is 0 Å². The fourth-order valence-corrected chi connectivity index (χ4v) is 9.30. The molecule has 0 N–H and O–H groups in total. The second kappa shape index (κ2) is 69.8. The maximum atomic E-state index is 13.0. The number of ether oxygens (including phenoxy) is 3. The van der Waals surface area contributed by atoms with Crippen molar-refractivity contribution in [3.05, 3.63) is 146 Å². The van der Waals surface area contributed by atoms with Crippen LogP contribution in [0.2, 0.25) is 0 Å². The number of hydrogen-bond acceptors (Lipinski definition) is 6. The summed E-state index contributed by atoms with van der Waals surface area (Å²) in [6.07, 6.45) is 100. The van der Waals surface area contributed by atoms with Gasteiger partial charge in [-0.2, -0.15) is 0 Å². The molecule has 83 heavy (non-hydrogen) atoms. The summed E-state index contributed by atoms with van der Waals surface area (Å²) in [5, 5.41) is 0. The van der Waals surface area contributed by atoms with Crippen molar-refractivity contribution < 1.29 is 28.6 Å². The van der Waals surface area contributed by atoms with E-state index in [1.54, 1.807) is 0 Å². The number of carbonyl (C=O) groups is 3. The van der Waals surface area contributed by atoms with Gasteiger partial charge in [0.05, 0.1) is 0 Å². The van der Waals surface area contributed by atoms with Crippen LogP contribution >= 0.6 is 0 Å². The molecule has 1 atom stereocenters. The molecule has 0 aromatic carbocycles. The van der Waals surface area contributed by atoms with Crippen molar-refractivity contribution in [1.82, 2.24) is 0 Å². The second-order valence-electron chi connectivity index (χ2n) is 22.3. The van der Waals surface area contributed by atoms with Crippen LogP contribution in [-0.2, 0) is 28.6 Å². The number of allylic oxidation sites excluding steroid dienone is 24. The monoisotopic (exact) mass is 1150 g/mol. The van der Waals surface area contributed by atoms with Crippen LogP contribution in [0.3, 0.4) is 0 Å². The molecule has 0 spiro atoms. The molecule has 6 heteroatoms. The number of esters is 3. The van der Waals surface area contributed by atoms with Crippen molar-refractivity contribution in [2.75, 3.05) is 13.2 Å². The smallest absolute Gasteiger partial charge is 0.306 e. The standard InChI is InChI=1S/C77H126O6/c1-4-7-10-13-16-19-22-25-28-31-33-35-37-38-40-41-43-46-49-52-55-58-61-64-67-70-76(79)82-73-74(72-81-75(78)69-66-63-60-57-54-51-48-45-30-27-24-21-18-15-12-9-6-3)83-77(80)71-68-65-62-59-56-53-50-47-44-42-39-36-34-32-29-26-23-20-17-14-11-8-5-2/h7-12,16-21,25-30,33-36,48,51,74H,4-6,13-15,22-24,31-32,37-47,49-50,52-73H2,1-3H3/b10-7-,11-8-,12-9-,19-16-,20-17-,21-18-,28-25-,29-26-,30-27-,35-33-,36-34-,51-48-. The maximum Gasteiger partial charge on any atom is 0.306 e. The van der Waals surface area contributed by atoms with Gasteiger partial charge in [-0.1, -0.05) is 295 Å². The third-order valence-electron chi connectivity index (χ3n) is 14.3. The third kappa shape index (κ3) is 68.0. The molecule has 0 heterocycles. The fraction of sp³-hybridized carbons (Fsp3) is 0.649. The summed E-state index contributed by atoms with van der Waals surface area (Å²) in [5.41, 5.74) is 0. The van der Waals surface area contributed by atoms with E-state index in [-0.39, 0.29) is 31.1 Å². The highest BCUT2D eigenvalue weighted by Gasteiger charge is 2.19. The quantitative estimate of drug-likeness (QED) is 0.0261. The van der Waals surface area contributed by atoms with E-state index in [4.69, 9.17) is 14.2 Å². The van der Waals surface area contributed by atoms with E-state index in [0.717, 1.165) is 148 Å². The van der Waals surface area contributed by atoms with Gasteiger partial charge >= 0.3 is 17.9 Å². The number of carbonyl (C=O) groups excluding carboxylic acids is 3. The van der Waals surface area contributed by atoms with Gasteiger partial charge in [0, 0.05) is 19.3 Å². The van der Waals surface area contributed by atoms with E-state index in [0.29, 0.717) is 19.3 Å². The molecule has 0 aliphatic rings. The van der Waals surface area contributed by atoms with Gasteiger partial charge in [-0.15, -0.1) is 0 Å². The highest BCUT2D eigenvalue weighted by molar-refractivity contribution is 5.71. The van der Waals surface area contributed by atoms with Gasteiger partial charge in [0.1, 0.15) is 13.2 Å². The molecule has 0 aromatic heterocycles.